The van der Waals surface area contributed by atoms with Crippen molar-refractivity contribution >= 4 is 5.91 Å². The van der Waals surface area contributed by atoms with E-state index in [9.17, 15) is 4.79 Å². The van der Waals surface area contributed by atoms with Gasteiger partial charge in [0, 0.05) is 13.6 Å². The van der Waals surface area contributed by atoms with E-state index >= 15 is 0 Å². The Morgan fingerprint density at radius 2 is 2.23 bits per heavy atom. The van der Waals surface area contributed by atoms with Crippen molar-refractivity contribution in [1.82, 2.24) is 4.90 Å². The van der Waals surface area contributed by atoms with Gasteiger partial charge in [-0.3, -0.25) is 4.79 Å². The summed E-state index contributed by atoms with van der Waals surface area (Å²) in [6.07, 6.45) is 3.17. The fourth-order valence-corrected chi connectivity index (χ4v) is 2.16. The predicted molar refractivity (Wildman–Crippen MR) is 47.6 cm³/mol. The van der Waals surface area contributed by atoms with E-state index in [0.717, 1.165) is 25.8 Å². The lowest BCUT2D eigenvalue weighted by Gasteiger charge is -2.14. The van der Waals surface area contributed by atoms with Gasteiger partial charge in [0.05, 0.1) is 17.9 Å². The van der Waals surface area contributed by atoms with Gasteiger partial charge in [-0.2, -0.15) is 5.26 Å². The van der Waals surface area contributed by atoms with Crippen molar-refractivity contribution in [3.8, 4) is 6.07 Å². The highest BCUT2D eigenvalue weighted by Crippen LogP contribution is 2.42. The zero-order chi connectivity index (χ0) is 9.42. The molecule has 1 saturated carbocycles. The zero-order valence-corrected chi connectivity index (χ0v) is 7.86. The van der Waals surface area contributed by atoms with Gasteiger partial charge in [-0.1, -0.05) is 0 Å². The van der Waals surface area contributed by atoms with Crippen LogP contribution in [-0.2, 0) is 4.79 Å². The van der Waals surface area contributed by atoms with Crippen molar-refractivity contribution in [2.75, 3.05) is 13.6 Å². The number of amides is 1. The number of hydrogen-bond donors (Lipinski definition) is 0. The summed E-state index contributed by atoms with van der Waals surface area (Å²) in [6, 6.07) is 2.31. The summed E-state index contributed by atoms with van der Waals surface area (Å²) >= 11 is 0. The predicted octanol–water partition coefficient (Wildman–Crippen LogP) is 1.01. The Labute approximate surface area is 78.3 Å². The lowest BCUT2D eigenvalue weighted by molar-refractivity contribution is -0.130. The maximum Gasteiger partial charge on any atom is 0.226 e. The molecule has 2 atom stereocenters. The molecule has 1 amide bonds. The van der Waals surface area contributed by atoms with E-state index in [0.29, 0.717) is 5.92 Å². The first-order valence-corrected chi connectivity index (χ1v) is 4.88. The van der Waals surface area contributed by atoms with Gasteiger partial charge in [0.15, 0.2) is 0 Å². The Morgan fingerprint density at radius 1 is 1.54 bits per heavy atom. The molecule has 0 spiro atoms. The number of nitriles is 1. The molecular weight excluding hydrogens is 164 g/mol. The van der Waals surface area contributed by atoms with Crippen LogP contribution in [0.15, 0.2) is 0 Å². The summed E-state index contributed by atoms with van der Waals surface area (Å²) in [7, 11) is 1.82. The van der Waals surface area contributed by atoms with Crippen LogP contribution in [0, 0.1) is 29.1 Å². The molecule has 70 valence electrons. The van der Waals surface area contributed by atoms with Crippen molar-refractivity contribution in [2.24, 2.45) is 17.8 Å². The van der Waals surface area contributed by atoms with Crippen LogP contribution in [0.25, 0.3) is 0 Å². The molecule has 2 fully saturated rings. The summed E-state index contributed by atoms with van der Waals surface area (Å²) in [6.45, 7) is 0.828. The molecule has 1 aliphatic carbocycles. The molecule has 3 heteroatoms. The molecule has 13 heavy (non-hydrogen) atoms. The monoisotopic (exact) mass is 178 g/mol. The Bertz CT molecular complexity index is 265. The molecule has 0 aromatic heterocycles. The van der Waals surface area contributed by atoms with E-state index in [1.54, 1.807) is 4.90 Å². The summed E-state index contributed by atoms with van der Waals surface area (Å²) in [5.74, 6) is 0.698. The molecule has 1 saturated heterocycles. The number of likely N-dealkylation sites (tertiary alicyclic amines) is 1. The van der Waals surface area contributed by atoms with Gasteiger partial charge in [-0.05, 0) is 25.2 Å². The minimum Gasteiger partial charge on any atom is -0.345 e. The van der Waals surface area contributed by atoms with E-state index in [1.807, 2.05) is 7.05 Å². The first-order valence-electron chi connectivity index (χ1n) is 4.88. The largest absolute Gasteiger partial charge is 0.345 e. The summed E-state index contributed by atoms with van der Waals surface area (Å²) in [4.78, 5) is 13.4. The fraction of sp³-hybridized carbons (Fsp3) is 0.800. The number of nitrogens with zero attached hydrogens (tertiary/aromatic N) is 2. The quantitative estimate of drug-likeness (QED) is 0.633. The number of carbonyl (C=O) groups is 1. The molecule has 1 heterocycles. The molecule has 0 aromatic carbocycles. The number of carbonyl (C=O) groups excluding carboxylic acids is 1. The van der Waals surface area contributed by atoms with E-state index in [-0.39, 0.29) is 17.7 Å². The third kappa shape index (κ3) is 1.41. The highest BCUT2D eigenvalue weighted by atomic mass is 16.2. The third-order valence-corrected chi connectivity index (χ3v) is 3.18. The SMILES string of the molecule is CN1CCC(C(C#N)C2CC2)C1=O. The maximum atomic E-state index is 11.6. The second-order valence-corrected chi connectivity index (χ2v) is 4.15. The first kappa shape index (κ1) is 8.55. The van der Waals surface area contributed by atoms with Crippen molar-refractivity contribution in [3.63, 3.8) is 0 Å². The van der Waals surface area contributed by atoms with E-state index in [1.165, 1.54) is 0 Å². The summed E-state index contributed by atoms with van der Waals surface area (Å²) < 4.78 is 0. The van der Waals surface area contributed by atoms with Gasteiger partial charge >= 0.3 is 0 Å². The molecule has 0 radical (unpaired) electrons. The van der Waals surface area contributed by atoms with Crippen LogP contribution in [0.3, 0.4) is 0 Å². The molecule has 0 aromatic rings. The van der Waals surface area contributed by atoms with Crippen LogP contribution in [0.4, 0.5) is 0 Å². The van der Waals surface area contributed by atoms with Gasteiger partial charge in [0.25, 0.3) is 0 Å². The van der Waals surface area contributed by atoms with Gasteiger partial charge in [0.1, 0.15) is 0 Å². The zero-order valence-electron chi connectivity index (χ0n) is 7.86. The number of rotatable bonds is 2. The normalized spacial score (nSPS) is 30.3. The highest BCUT2D eigenvalue weighted by Gasteiger charge is 2.43. The molecule has 1 aliphatic heterocycles. The lowest BCUT2D eigenvalue weighted by Crippen LogP contribution is -2.27. The van der Waals surface area contributed by atoms with Crippen LogP contribution in [-0.4, -0.2) is 24.4 Å². The van der Waals surface area contributed by atoms with Crippen LogP contribution >= 0.6 is 0 Å². The van der Waals surface area contributed by atoms with Crippen LogP contribution in [0.5, 0.6) is 0 Å². The van der Waals surface area contributed by atoms with E-state index in [4.69, 9.17) is 5.26 Å². The lowest BCUT2D eigenvalue weighted by atomic mass is 9.88. The van der Waals surface area contributed by atoms with Crippen LogP contribution < -0.4 is 0 Å². The second kappa shape index (κ2) is 3.02. The van der Waals surface area contributed by atoms with Crippen LogP contribution in [0.2, 0.25) is 0 Å². The Kier molecular flexibility index (Phi) is 1.99. The van der Waals surface area contributed by atoms with Gasteiger partial charge < -0.3 is 4.90 Å². The molecular formula is C10H14N2O. The topological polar surface area (TPSA) is 44.1 Å². The average molecular weight is 178 g/mol. The summed E-state index contributed by atoms with van der Waals surface area (Å²) in [5.41, 5.74) is 0. The van der Waals surface area contributed by atoms with Crippen molar-refractivity contribution < 1.29 is 4.79 Å². The molecule has 3 nitrogen and oxygen atoms in total. The highest BCUT2D eigenvalue weighted by molar-refractivity contribution is 5.81. The average Bonchev–Trinajstić information content (AvgIpc) is 2.89. The van der Waals surface area contributed by atoms with Crippen molar-refractivity contribution in [2.45, 2.75) is 19.3 Å². The van der Waals surface area contributed by atoms with Crippen molar-refractivity contribution in [3.05, 3.63) is 0 Å². The second-order valence-electron chi connectivity index (χ2n) is 4.15. The van der Waals surface area contributed by atoms with Crippen molar-refractivity contribution in [1.29, 1.82) is 5.26 Å². The molecule has 0 bridgehead atoms. The molecule has 2 rings (SSSR count). The molecule has 2 unspecified atom stereocenters. The van der Waals surface area contributed by atoms with Gasteiger partial charge in [0.2, 0.25) is 5.91 Å². The smallest absolute Gasteiger partial charge is 0.226 e. The van der Waals surface area contributed by atoms with Gasteiger partial charge in [-0.25, -0.2) is 0 Å². The number of hydrogen-bond acceptors (Lipinski definition) is 2. The minimum absolute atomic E-state index is 0.00231. The Hall–Kier alpha value is -1.04. The minimum atomic E-state index is -0.00236. The summed E-state index contributed by atoms with van der Waals surface area (Å²) in [5, 5.41) is 8.98. The third-order valence-electron chi connectivity index (χ3n) is 3.18. The molecule has 2 aliphatic rings. The van der Waals surface area contributed by atoms with E-state index in [2.05, 4.69) is 6.07 Å². The maximum absolute atomic E-state index is 11.6. The first-order chi connectivity index (χ1) is 6.24. The van der Waals surface area contributed by atoms with E-state index < -0.39 is 0 Å². The van der Waals surface area contributed by atoms with Gasteiger partial charge in [-0.15, -0.1) is 0 Å². The van der Waals surface area contributed by atoms with Crippen LogP contribution in [0.1, 0.15) is 19.3 Å². The Morgan fingerprint density at radius 3 is 2.62 bits per heavy atom. The molecule has 0 N–H and O–H groups in total. The Balaban J connectivity index is 2.07. The standard InChI is InChI=1S/C10H14N2O/c1-12-5-4-8(10(12)13)9(6-11)7-2-3-7/h7-9H,2-5H2,1H3. The fourth-order valence-electron chi connectivity index (χ4n) is 2.16.